The van der Waals surface area contributed by atoms with Crippen molar-refractivity contribution in [2.24, 2.45) is 0 Å². The van der Waals surface area contributed by atoms with Crippen molar-refractivity contribution in [2.75, 3.05) is 37.0 Å². The SMILES string of the molecule is Cc1nc2c(c(N3CCC(c4nnc5ccc(N(C)C)nn45)CC3)n1)CCC2. The average molecular weight is 378 g/mol. The number of fused-ring (bicyclic) bond motifs is 2. The van der Waals surface area contributed by atoms with Crippen LogP contribution in [0.25, 0.3) is 5.65 Å². The van der Waals surface area contributed by atoms with Crippen molar-refractivity contribution in [2.45, 2.75) is 44.9 Å². The number of aromatic nitrogens is 6. The molecular weight excluding hydrogens is 352 g/mol. The van der Waals surface area contributed by atoms with Crippen LogP contribution in [0.3, 0.4) is 0 Å². The fourth-order valence-corrected chi connectivity index (χ4v) is 4.43. The van der Waals surface area contributed by atoms with Gasteiger partial charge in [0.15, 0.2) is 11.5 Å². The predicted molar refractivity (Wildman–Crippen MR) is 108 cm³/mol. The molecule has 1 saturated heterocycles. The van der Waals surface area contributed by atoms with Crippen LogP contribution in [0.2, 0.25) is 0 Å². The summed E-state index contributed by atoms with van der Waals surface area (Å²) in [7, 11) is 4.00. The quantitative estimate of drug-likeness (QED) is 0.691. The summed E-state index contributed by atoms with van der Waals surface area (Å²) in [6.07, 6.45) is 5.46. The van der Waals surface area contributed by atoms with Crippen LogP contribution in [0.4, 0.5) is 11.6 Å². The van der Waals surface area contributed by atoms with Crippen LogP contribution >= 0.6 is 0 Å². The van der Waals surface area contributed by atoms with E-state index < -0.39 is 0 Å². The lowest BCUT2D eigenvalue weighted by Gasteiger charge is -2.33. The summed E-state index contributed by atoms with van der Waals surface area (Å²) < 4.78 is 1.92. The molecule has 2 aliphatic rings. The van der Waals surface area contributed by atoms with E-state index in [2.05, 4.69) is 20.1 Å². The van der Waals surface area contributed by atoms with Gasteiger partial charge in [0, 0.05) is 44.4 Å². The van der Waals surface area contributed by atoms with Gasteiger partial charge in [-0.1, -0.05) is 0 Å². The van der Waals surface area contributed by atoms with Gasteiger partial charge < -0.3 is 9.80 Å². The molecule has 0 saturated carbocycles. The number of nitrogens with zero attached hydrogens (tertiary/aromatic N) is 8. The van der Waals surface area contributed by atoms with E-state index in [9.17, 15) is 0 Å². The van der Waals surface area contributed by atoms with E-state index in [-0.39, 0.29) is 0 Å². The molecule has 8 heteroatoms. The molecule has 1 aliphatic heterocycles. The lowest BCUT2D eigenvalue weighted by atomic mass is 9.95. The lowest BCUT2D eigenvalue weighted by molar-refractivity contribution is 0.474. The van der Waals surface area contributed by atoms with Gasteiger partial charge in [-0.3, -0.25) is 0 Å². The van der Waals surface area contributed by atoms with Gasteiger partial charge in [0.1, 0.15) is 17.5 Å². The molecule has 3 aromatic rings. The van der Waals surface area contributed by atoms with Gasteiger partial charge in [-0.2, -0.15) is 4.52 Å². The van der Waals surface area contributed by atoms with Crippen molar-refractivity contribution >= 4 is 17.3 Å². The Bertz CT molecular complexity index is 1020. The maximum atomic E-state index is 4.80. The largest absolute Gasteiger partial charge is 0.361 e. The first-order chi connectivity index (χ1) is 13.6. The van der Waals surface area contributed by atoms with Crippen molar-refractivity contribution in [3.05, 3.63) is 35.0 Å². The Morgan fingerprint density at radius 1 is 1.04 bits per heavy atom. The van der Waals surface area contributed by atoms with E-state index in [1.165, 1.54) is 17.7 Å². The Hall–Kier alpha value is -2.77. The van der Waals surface area contributed by atoms with Crippen molar-refractivity contribution < 1.29 is 0 Å². The fourth-order valence-electron chi connectivity index (χ4n) is 4.43. The predicted octanol–water partition coefficient (Wildman–Crippen LogP) is 2.16. The Balaban J connectivity index is 1.38. The lowest BCUT2D eigenvalue weighted by Crippen LogP contribution is -2.35. The number of rotatable bonds is 3. The van der Waals surface area contributed by atoms with Crippen LogP contribution < -0.4 is 9.80 Å². The highest BCUT2D eigenvalue weighted by Gasteiger charge is 2.29. The molecule has 0 unspecified atom stereocenters. The summed E-state index contributed by atoms with van der Waals surface area (Å²) in [6.45, 7) is 3.97. The van der Waals surface area contributed by atoms with Crippen LogP contribution in [0.15, 0.2) is 12.1 Å². The van der Waals surface area contributed by atoms with E-state index in [0.717, 1.165) is 67.7 Å². The second-order valence-electron chi connectivity index (χ2n) is 8.05. The molecule has 146 valence electrons. The summed E-state index contributed by atoms with van der Waals surface area (Å²) in [5.41, 5.74) is 3.44. The van der Waals surface area contributed by atoms with E-state index >= 15 is 0 Å². The van der Waals surface area contributed by atoms with Crippen molar-refractivity contribution in [3.63, 3.8) is 0 Å². The van der Waals surface area contributed by atoms with Crippen molar-refractivity contribution in [3.8, 4) is 0 Å². The normalized spacial score (nSPS) is 17.3. The van der Waals surface area contributed by atoms with Gasteiger partial charge >= 0.3 is 0 Å². The molecule has 0 atom stereocenters. The van der Waals surface area contributed by atoms with Gasteiger partial charge in [0.2, 0.25) is 0 Å². The Morgan fingerprint density at radius 3 is 2.64 bits per heavy atom. The highest BCUT2D eigenvalue weighted by Crippen LogP contribution is 2.33. The maximum absolute atomic E-state index is 4.80. The minimum Gasteiger partial charge on any atom is -0.361 e. The third-order valence-corrected chi connectivity index (χ3v) is 5.91. The van der Waals surface area contributed by atoms with Crippen LogP contribution in [-0.4, -0.2) is 57.0 Å². The third kappa shape index (κ3) is 2.87. The number of aryl methyl sites for hydroxylation is 2. The van der Waals surface area contributed by atoms with Crippen molar-refractivity contribution in [1.29, 1.82) is 0 Å². The summed E-state index contributed by atoms with van der Waals surface area (Å²) in [5, 5.41) is 13.5. The highest BCUT2D eigenvalue weighted by atomic mass is 15.4. The second-order valence-corrected chi connectivity index (χ2v) is 8.05. The number of piperidine rings is 1. The number of anilines is 2. The van der Waals surface area contributed by atoms with Gasteiger partial charge in [0.25, 0.3) is 0 Å². The summed E-state index contributed by atoms with van der Waals surface area (Å²) >= 11 is 0. The van der Waals surface area contributed by atoms with E-state index in [1.807, 2.05) is 42.6 Å². The summed E-state index contributed by atoms with van der Waals surface area (Å²) in [6, 6.07) is 3.97. The third-order valence-electron chi connectivity index (χ3n) is 5.91. The fraction of sp³-hybridized carbons (Fsp3) is 0.550. The Labute approximate surface area is 164 Å². The van der Waals surface area contributed by atoms with Crippen LogP contribution in [0, 0.1) is 6.92 Å². The molecule has 8 nitrogen and oxygen atoms in total. The van der Waals surface area contributed by atoms with E-state index in [0.29, 0.717) is 5.92 Å². The van der Waals surface area contributed by atoms with Crippen LogP contribution in [0.5, 0.6) is 0 Å². The summed E-state index contributed by atoms with van der Waals surface area (Å²) in [5.74, 6) is 4.31. The summed E-state index contributed by atoms with van der Waals surface area (Å²) in [4.78, 5) is 13.9. The monoisotopic (exact) mass is 378 g/mol. The molecule has 1 aliphatic carbocycles. The van der Waals surface area contributed by atoms with Gasteiger partial charge in [-0.05, 0) is 51.2 Å². The van der Waals surface area contributed by atoms with Crippen molar-refractivity contribution in [1.82, 2.24) is 29.8 Å². The standard InChI is InChI=1S/C20H26N8/c1-13-21-16-6-4-5-15(16)20(22-13)27-11-9-14(10-12-27)19-24-23-17-7-8-18(26(2)3)25-28(17)19/h7-8,14H,4-6,9-12H2,1-3H3. The Morgan fingerprint density at radius 2 is 1.86 bits per heavy atom. The first-order valence-electron chi connectivity index (χ1n) is 10.1. The van der Waals surface area contributed by atoms with Crippen LogP contribution in [0.1, 0.15) is 48.1 Å². The Kier molecular flexibility index (Phi) is 4.14. The zero-order valence-corrected chi connectivity index (χ0v) is 16.8. The average Bonchev–Trinajstić information content (AvgIpc) is 3.33. The molecular formula is C20H26N8. The highest BCUT2D eigenvalue weighted by molar-refractivity contribution is 5.52. The molecule has 0 N–H and O–H groups in total. The smallest absolute Gasteiger partial charge is 0.178 e. The minimum atomic E-state index is 0.368. The molecule has 4 heterocycles. The molecule has 3 aromatic heterocycles. The molecule has 0 aromatic carbocycles. The molecule has 0 bridgehead atoms. The van der Waals surface area contributed by atoms with Gasteiger partial charge in [-0.25, -0.2) is 9.97 Å². The van der Waals surface area contributed by atoms with Gasteiger partial charge in [-0.15, -0.1) is 15.3 Å². The minimum absolute atomic E-state index is 0.368. The second kappa shape index (κ2) is 6.68. The zero-order chi connectivity index (χ0) is 19.3. The molecule has 5 rings (SSSR count). The topological polar surface area (TPSA) is 75.3 Å². The first kappa shape index (κ1) is 17.3. The maximum Gasteiger partial charge on any atom is 0.178 e. The molecule has 0 amide bonds. The van der Waals surface area contributed by atoms with Crippen LogP contribution in [-0.2, 0) is 12.8 Å². The van der Waals surface area contributed by atoms with Gasteiger partial charge in [0.05, 0.1) is 0 Å². The molecule has 0 radical (unpaired) electrons. The number of hydrogen-bond donors (Lipinski definition) is 0. The molecule has 1 fully saturated rings. The van der Waals surface area contributed by atoms with E-state index in [4.69, 9.17) is 10.1 Å². The van der Waals surface area contributed by atoms with E-state index in [1.54, 1.807) is 0 Å². The number of hydrogen-bond acceptors (Lipinski definition) is 7. The molecule has 28 heavy (non-hydrogen) atoms. The first-order valence-corrected chi connectivity index (χ1v) is 10.1. The zero-order valence-electron chi connectivity index (χ0n) is 16.8. The molecule has 0 spiro atoms.